The molecule has 4 rings (SSSR count). The summed E-state index contributed by atoms with van der Waals surface area (Å²) in [4.78, 5) is 28.9. The first-order chi connectivity index (χ1) is 14.0. The van der Waals surface area contributed by atoms with Gasteiger partial charge in [-0.15, -0.1) is 0 Å². The quantitative estimate of drug-likeness (QED) is 0.537. The molecule has 0 spiro atoms. The third-order valence-electron chi connectivity index (χ3n) is 4.79. The first-order valence-electron chi connectivity index (χ1n) is 9.21. The lowest BCUT2D eigenvalue weighted by molar-refractivity contribution is 0.0698. The number of anilines is 1. The predicted octanol–water partition coefficient (Wildman–Crippen LogP) is 4.23. The molecule has 2 aromatic carbocycles. The van der Waals surface area contributed by atoms with E-state index >= 15 is 0 Å². The highest BCUT2D eigenvalue weighted by molar-refractivity contribution is 5.94. The fourth-order valence-corrected chi connectivity index (χ4v) is 3.35. The van der Waals surface area contributed by atoms with Crippen LogP contribution in [0.25, 0.3) is 16.9 Å². The van der Waals surface area contributed by atoms with E-state index in [4.69, 9.17) is 4.98 Å². The molecule has 0 aliphatic rings. The zero-order chi connectivity index (χ0) is 20.4. The fraction of sp³-hybridized carbons (Fsp3) is 0.0870. The molecule has 0 saturated heterocycles. The minimum Gasteiger partial charge on any atom is -0.478 e. The van der Waals surface area contributed by atoms with Gasteiger partial charge in [-0.3, -0.25) is 9.20 Å². The van der Waals surface area contributed by atoms with Crippen LogP contribution >= 0.6 is 0 Å². The fourth-order valence-electron chi connectivity index (χ4n) is 3.35. The van der Waals surface area contributed by atoms with Gasteiger partial charge in [0.15, 0.2) is 0 Å². The maximum Gasteiger partial charge on any atom is 0.337 e. The molecule has 0 unspecified atom stereocenters. The maximum absolute atomic E-state index is 12.7. The molecule has 1 atom stereocenters. The second-order valence-electron chi connectivity index (χ2n) is 6.72. The first-order valence-corrected chi connectivity index (χ1v) is 9.21. The summed E-state index contributed by atoms with van der Waals surface area (Å²) in [5.74, 6) is -1.00. The molecule has 2 aromatic heterocycles. The number of para-hydroxylation sites is 1. The van der Waals surface area contributed by atoms with Crippen molar-refractivity contribution in [3.05, 3.63) is 100 Å². The van der Waals surface area contributed by atoms with Crippen LogP contribution in [0, 0.1) is 0 Å². The summed E-state index contributed by atoms with van der Waals surface area (Å²) in [5, 5.41) is 12.7. The highest BCUT2D eigenvalue weighted by atomic mass is 16.4. The van der Waals surface area contributed by atoms with Gasteiger partial charge in [-0.1, -0.05) is 48.5 Å². The van der Waals surface area contributed by atoms with E-state index in [1.54, 1.807) is 36.5 Å². The van der Waals surface area contributed by atoms with E-state index in [1.807, 2.05) is 43.3 Å². The normalized spacial score (nSPS) is 11.9. The summed E-state index contributed by atoms with van der Waals surface area (Å²) in [6.07, 6.45) is 1.68. The third kappa shape index (κ3) is 3.60. The Kier molecular flexibility index (Phi) is 4.83. The molecule has 0 fully saturated rings. The van der Waals surface area contributed by atoms with Crippen molar-refractivity contribution in [3.8, 4) is 11.3 Å². The van der Waals surface area contributed by atoms with Crippen molar-refractivity contribution in [2.75, 3.05) is 5.32 Å². The number of aromatic nitrogens is 2. The maximum atomic E-state index is 12.7. The number of carbonyl (C=O) groups is 1. The number of nitrogens with zero attached hydrogens (tertiary/aromatic N) is 2. The van der Waals surface area contributed by atoms with Crippen molar-refractivity contribution < 1.29 is 9.90 Å². The van der Waals surface area contributed by atoms with Crippen LogP contribution in [0.3, 0.4) is 0 Å². The molecule has 0 saturated carbocycles. The molecule has 2 N–H and O–H groups in total. The summed E-state index contributed by atoms with van der Waals surface area (Å²) in [7, 11) is 0. The predicted molar refractivity (Wildman–Crippen MR) is 112 cm³/mol. The molecular weight excluding hydrogens is 366 g/mol. The summed E-state index contributed by atoms with van der Waals surface area (Å²) in [6, 6.07) is 21.2. The van der Waals surface area contributed by atoms with Gasteiger partial charge in [0.1, 0.15) is 5.65 Å². The van der Waals surface area contributed by atoms with Crippen molar-refractivity contribution in [1.82, 2.24) is 9.38 Å². The van der Waals surface area contributed by atoms with E-state index in [2.05, 4.69) is 5.32 Å². The van der Waals surface area contributed by atoms with Crippen molar-refractivity contribution >= 4 is 17.3 Å². The zero-order valence-corrected chi connectivity index (χ0v) is 15.7. The average Bonchev–Trinajstić information content (AvgIpc) is 2.74. The zero-order valence-electron chi connectivity index (χ0n) is 15.7. The summed E-state index contributed by atoms with van der Waals surface area (Å²) < 4.78 is 1.50. The van der Waals surface area contributed by atoms with Gasteiger partial charge in [-0.25, -0.2) is 9.78 Å². The van der Waals surface area contributed by atoms with Crippen LogP contribution in [-0.4, -0.2) is 20.5 Å². The van der Waals surface area contributed by atoms with E-state index in [0.717, 1.165) is 11.1 Å². The van der Waals surface area contributed by atoms with Gasteiger partial charge >= 0.3 is 5.97 Å². The number of hydrogen-bond acceptors (Lipinski definition) is 4. The van der Waals surface area contributed by atoms with Crippen LogP contribution in [0.1, 0.15) is 28.9 Å². The van der Waals surface area contributed by atoms with Gasteiger partial charge in [-0.2, -0.15) is 0 Å². The number of pyridine rings is 1. The minimum absolute atomic E-state index is 0.172. The van der Waals surface area contributed by atoms with E-state index in [-0.39, 0.29) is 17.2 Å². The number of rotatable bonds is 5. The average molecular weight is 385 g/mol. The monoisotopic (exact) mass is 385 g/mol. The number of aromatic carboxylic acids is 1. The highest BCUT2D eigenvalue weighted by Crippen LogP contribution is 2.25. The van der Waals surface area contributed by atoms with Crippen molar-refractivity contribution in [3.63, 3.8) is 0 Å². The molecule has 0 bridgehead atoms. The Morgan fingerprint density at radius 1 is 1.03 bits per heavy atom. The Balaban J connectivity index is 1.81. The molecule has 2 heterocycles. The molecule has 6 nitrogen and oxygen atoms in total. The van der Waals surface area contributed by atoms with Gasteiger partial charge in [-0.05, 0) is 25.1 Å². The van der Waals surface area contributed by atoms with Crippen molar-refractivity contribution in [2.45, 2.75) is 13.0 Å². The Morgan fingerprint density at radius 2 is 1.76 bits per heavy atom. The molecule has 6 heteroatoms. The van der Waals surface area contributed by atoms with Crippen molar-refractivity contribution in [2.24, 2.45) is 0 Å². The molecule has 0 amide bonds. The van der Waals surface area contributed by atoms with Gasteiger partial charge < -0.3 is 10.4 Å². The number of hydrogen-bond donors (Lipinski definition) is 2. The van der Waals surface area contributed by atoms with E-state index in [9.17, 15) is 14.7 Å². The van der Waals surface area contributed by atoms with Gasteiger partial charge in [0, 0.05) is 29.1 Å². The Hall–Kier alpha value is -3.93. The van der Waals surface area contributed by atoms with Gasteiger partial charge in [0.2, 0.25) is 0 Å². The summed E-state index contributed by atoms with van der Waals surface area (Å²) in [6.45, 7) is 1.91. The number of benzene rings is 2. The standard InChI is InChI=1S/C23H19N3O3/c1-15(24-19-12-6-5-10-18(19)23(28)29)17-11-7-13-26-21(27)14-20(25-22(17)26)16-8-3-2-4-9-16/h2-15,24H,1H3,(H,28,29)/t15-/m1/s1. The smallest absolute Gasteiger partial charge is 0.337 e. The SMILES string of the molecule is C[C@@H](Nc1ccccc1C(=O)O)c1cccn2c(=O)cc(-c3ccccc3)nc12. The summed E-state index contributed by atoms with van der Waals surface area (Å²) in [5.41, 5.74) is 3.31. The van der Waals surface area contributed by atoms with Crippen LogP contribution in [-0.2, 0) is 0 Å². The van der Waals surface area contributed by atoms with Crippen LogP contribution in [0.4, 0.5) is 5.69 Å². The lowest BCUT2D eigenvalue weighted by atomic mass is 10.1. The van der Waals surface area contributed by atoms with E-state index < -0.39 is 5.97 Å². The topological polar surface area (TPSA) is 83.7 Å². The van der Waals surface area contributed by atoms with Crippen molar-refractivity contribution in [1.29, 1.82) is 0 Å². The number of nitrogens with one attached hydrogen (secondary N) is 1. The Morgan fingerprint density at radius 3 is 2.52 bits per heavy atom. The van der Waals surface area contributed by atoms with Crippen LogP contribution in [0.5, 0.6) is 0 Å². The van der Waals surface area contributed by atoms with Gasteiger partial charge in [0.25, 0.3) is 5.56 Å². The Bertz CT molecular complexity index is 1250. The second kappa shape index (κ2) is 7.59. The first kappa shape index (κ1) is 18.4. The van der Waals surface area contributed by atoms with Crippen LogP contribution in [0.15, 0.2) is 83.8 Å². The van der Waals surface area contributed by atoms with Crippen LogP contribution < -0.4 is 10.9 Å². The number of fused-ring (bicyclic) bond motifs is 1. The molecule has 0 aliphatic carbocycles. The highest BCUT2D eigenvalue weighted by Gasteiger charge is 2.16. The molecular formula is C23H19N3O3. The molecule has 144 valence electrons. The Labute approximate surface area is 167 Å². The third-order valence-corrected chi connectivity index (χ3v) is 4.79. The summed E-state index contributed by atoms with van der Waals surface area (Å²) >= 11 is 0. The lowest BCUT2D eigenvalue weighted by Crippen LogP contribution is -2.18. The number of carboxylic acids is 1. The molecule has 29 heavy (non-hydrogen) atoms. The largest absolute Gasteiger partial charge is 0.478 e. The van der Waals surface area contributed by atoms with E-state index in [0.29, 0.717) is 17.0 Å². The number of carboxylic acid groups (broad SMARTS) is 1. The molecule has 0 aliphatic heterocycles. The van der Waals surface area contributed by atoms with Gasteiger partial charge in [0.05, 0.1) is 17.3 Å². The minimum atomic E-state index is -1.00. The van der Waals surface area contributed by atoms with E-state index in [1.165, 1.54) is 10.5 Å². The molecule has 0 radical (unpaired) electrons. The van der Waals surface area contributed by atoms with Crippen LogP contribution in [0.2, 0.25) is 0 Å². The lowest BCUT2D eigenvalue weighted by Gasteiger charge is -2.19. The molecule has 4 aromatic rings. The second-order valence-corrected chi connectivity index (χ2v) is 6.72.